The summed E-state index contributed by atoms with van der Waals surface area (Å²) in [6, 6.07) is 20.6. The molecule has 0 saturated carbocycles. The molecule has 0 N–H and O–H groups in total. The lowest BCUT2D eigenvalue weighted by molar-refractivity contribution is -0.113. The Bertz CT molecular complexity index is 1200. The van der Waals surface area contributed by atoms with Gasteiger partial charge in [-0.3, -0.25) is 9.69 Å². The first-order chi connectivity index (χ1) is 16.5. The van der Waals surface area contributed by atoms with Crippen molar-refractivity contribution in [2.75, 3.05) is 25.2 Å². The molecule has 0 atom stereocenters. The van der Waals surface area contributed by atoms with Gasteiger partial charge in [-0.15, -0.1) is 0 Å². The van der Waals surface area contributed by atoms with Gasteiger partial charge in [-0.2, -0.15) is 0 Å². The van der Waals surface area contributed by atoms with E-state index in [1.165, 1.54) is 40.9 Å². The summed E-state index contributed by atoms with van der Waals surface area (Å²) in [5, 5.41) is 0. The molecule has 34 heavy (non-hydrogen) atoms. The molecule has 0 aromatic heterocycles. The fourth-order valence-electron chi connectivity index (χ4n) is 3.26. The van der Waals surface area contributed by atoms with E-state index in [-0.39, 0.29) is 11.7 Å². The Morgan fingerprint density at radius 3 is 2.35 bits per heavy atom. The number of methoxy groups -OCH3 is 1. The van der Waals surface area contributed by atoms with Gasteiger partial charge in [0.15, 0.2) is 4.32 Å². The number of carbonyl (C=O) groups excluding carboxylic acids is 1. The molecule has 0 radical (unpaired) electrons. The molecule has 3 aromatic rings. The highest BCUT2D eigenvalue weighted by molar-refractivity contribution is 8.27. The fourth-order valence-corrected chi connectivity index (χ4v) is 4.55. The normalized spacial score (nSPS) is 14.5. The van der Waals surface area contributed by atoms with Gasteiger partial charge < -0.3 is 14.2 Å². The average Bonchev–Trinajstić information content (AvgIpc) is 3.13. The predicted molar refractivity (Wildman–Crippen MR) is 137 cm³/mol. The molecule has 0 unspecified atom stereocenters. The lowest BCUT2D eigenvalue weighted by Gasteiger charge is -2.14. The molecule has 1 saturated heterocycles. The third-order valence-electron chi connectivity index (χ3n) is 4.96. The predicted octanol–water partition coefficient (Wildman–Crippen LogP) is 6.09. The van der Waals surface area contributed by atoms with E-state index in [1.54, 1.807) is 13.2 Å². The summed E-state index contributed by atoms with van der Waals surface area (Å²) in [4.78, 5) is 14.9. The van der Waals surface area contributed by atoms with Gasteiger partial charge >= 0.3 is 0 Å². The van der Waals surface area contributed by atoms with Crippen LogP contribution in [0.4, 0.5) is 10.1 Å². The van der Waals surface area contributed by atoms with Crippen LogP contribution in [-0.4, -0.2) is 30.6 Å². The molecule has 0 bridgehead atoms. The van der Waals surface area contributed by atoms with Crippen LogP contribution in [0.25, 0.3) is 6.08 Å². The summed E-state index contributed by atoms with van der Waals surface area (Å²) < 4.78 is 30.5. The third-order valence-corrected chi connectivity index (χ3v) is 6.26. The third kappa shape index (κ3) is 5.76. The molecule has 4 rings (SSSR count). The maximum atomic E-state index is 13.3. The maximum absolute atomic E-state index is 13.3. The average molecular weight is 496 g/mol. The Morgan fingerprint density at radius 2 is 1.62 bits per heavy atom. The van der Waals surface area contributed by atoms with Crippen molar-refractivity contribution in [3.8, 4) is 17.2 Å². The van der Waals surface area contributed by atoms with E-state index in [0.717, 1.165) is 17.1 Å². The summed E-state index contributed by atoms with van der Waals surface area (Å²) in [6.07, 6.45) is 2.46. The summed E-state index contributed by atoms with van der Waals surface area (Å²) in [5.74, 6) is 1.60. The van der Waals surface area contributed by atoms with E-state index in [4.69, 9.17) is 26.4 Å². The van der Waals surface area contributed by atoms with Gasteiger partial charge in [0.1, 0.15) is 23.1 Å². The van der Waals surface area contributed by atoms with Crippen molar-refractivity contribution >= 4 is 46.0 Å². The molecule has 174 valence electrons. The number of ether oxygens (including phenoxy) is 3. The van der Waals surface area contributed by atoms with Gasteiger partial charge in [0.25, 0.3) is 5.91 Å². The summed E-state index contributed by atoms with van der Waals surface area (Å²) in [7, 11) is 1.62. The maximum Gasteiger partial charge on any atom is 0.270 e. The second-order valence-electron chi connectivity index (χ2n) is 7.26. The highest BCUT2D eigenvalue weighted by Crippen LogP contribution is 2.37. The first kappa shape index (κ1) is 23.8. The van der Waals surface area contributed by atoms with Crippen molar-refractivity contribution < 1.29 is 23.4 Å². The molecular formula is C26H22FNO4S2. The molecule has 5 nitrogen and oxygen atoms in total. The SMILES string of the molecule is COc1ccc(OCCCOc2ccccc2/C=C2\SC(=S)N(c3ccc(F)cc3)C2=O)cc1. The Hall–Kier alpha value is -3.36. The fraction of sp³-hybridized carbons (Fsp3) is 0.154. The van der Waals surface area contributed by atoms with Crippen LogP contribution in [0.15, 0.2) is 77.7 Å². The smallest absolute Gasteiger partial charge is 0.270 e. The first-order valence-corrected chi connectivity index (χ1v) is 11.8. The molecule has 1 aliphatic heterocycles. The van der Waals surface area contributed by atoms with Crippen LogP contribution in [0.2, 0.25) is 0 Å². The van der Waals surface area contributed by atoms with Crippen molar-refractivity contribution in [2.45, 2.75) is 6.42 Å². The number of thioether (sulfide) groups is 1. The summed E-state index contributed by atoms with van der Waals surface area (Å²) >= 11 is 6.60. The van der Waals surface area contributed by atoms with Crippen molar-refractivity contribution in [1.29, 1.82) is 0 Å². The quantitative estimate of drug-likeness (QED) is 0.203. The van der Waals surface area contributed by atoms with Crippen LogP contribution in [0.1, 0.15) is 12.0 Å². The minimum Gasteiger partial charge on any atom is -0.497 e. The molecule has 1 aliphatic rings. The topological polar surface area (TPSA) is 48.0 Å². The van der Waals surface area contributed by atoms with Gasteiger partial charge in [-0.1, -0.05) is 42.2 Å². The standard InChI is InChI=1S/C26H22FNO4S2/c1-30-21-11-13-22(14-12-21)31-15-4-16-32-23-6-3-2-5-18(23)17-24-25(29)28(26(33)34-24)20-9-7-19(27)8-10-20/h2-3,5-14,17H,4,15-16H2,1H3/b24-17-. The zero-order chi connectivity index (χ0) is 23.9. The van der Waals surface area contributed by atoms with Crippen LogP contribution in [0.5, 0.6) is 17.2 Å². The largest absolute Gasteiger partial charge is 0.497 e. The number of benzene rings is 3. The first-order valence-electron chi connectivity index (χ1n) is 10.6. The lowest BCUT2D eigenvalue weighted by atomic mass is 10.2. The van der Waals surface area contributed by atoms with Crippen molar-refractivity contribution in [1.82, 2.24) is 0 Å². The summed E-state index contributed by atoms with van der Waals surface area (Å²) in [6.45, 7) is 0.961. The molecule has 0 aliphatic carbocycles. The van der Waals surface area contributed by atoms with Gasteiger partial charge in [0.05, 0.1) is 30.9 Å². The molecule has 8 heteroatoms. The van der Waals surface area contributed by atoms with Gasteiger partial charge in [-0.25, -0.2) is 4.39 Å². The zero-order valence-corrected chi connectivity index (χ0v) is 20.0. The summed E-state index contributed by atoms with van der Waals surface area (Å²) in [5.41, 5.74) is 1.31. The van der Waals surface area contributed by atoms with E-state index < -0.39 is 0 Å². The minimum absolute atomic E-state index is 0.246. The van der Waals surface area contributed by atoms with E-state index in [9.17, 15) is 9.18 Å². The van der Waals surface area contributed by atoms with Crippen molar-refractivity contribution in [3.63, 3.8) is 0 Å². The zero-order valence-electron chi connectivity index (χ0n) is 18.4. The van der Waals surface area contributed by atoms with Crippen LogP contribution in [0, 0.1) is 5.82 Å². The number of anilines is 1. The van der Waals surface area contributed by atoms with Crippen molar-refractivity contribution in [3.05, 3.63) is 89.1 Å². The number of rotatable bonds is 9. The second kappa shape index (κ2) is 11.2. The van der Waals surface area contributed by atoms with Crippen LogP contribution in [-0.2, 0) is 4.79 Å². The molecule has 1 amide bonds. The van der Waals surface area contributed by atoms with E-state index in [1.807, 2.05) is 48.5 Å². The van der Waals surface area contributed by atoms with Gasteiger partial charge in [0, 0.05) is 12.0 Å². The number of amides is 1. The number of carbonyl (C=O) groups is 1. The van der Waals surface area contributed by atoms with Gasteiger partial charge in [-0.05, 0) is 60.7 Å². The molecule has 1 heterocycles. The Kier molecular flexibility index (Phi) is 7.82. The van der Waals surface area contributed by atoms with E-state index >= 15 is 0 Å². The Morgan fingerprint density at radius 1 is 0.941 bits per heavy atom. The molecule has 1 fully saturated rings. The van der Waals surface area contributed by atoms with Crippen LogP contribution >= 0.6 is 24.0 Å². The number of thiocarbonyl (C=S) groups is 1. The van der Waals surface area contributed by atoms with Crippen LogP contribution < -0.4 is 19.1 Å². The van der Waals surface area contributed by atoms with E-state index in [2.05, 4.69) is 0 Å². The highest BCUT2D eigenvalue weighted by atomic mass is 32.2. The minimum atomic E-state index is -0.370. The number of halogens is 1. The number of hydrogen-bond donors (Lipinski definition) is 0. The number of hydrogen-bond acceptors (Lipinski definition) is 6. The molecular weight excluding hydrogens is 473 g/mol. The van der Waals surface area contributed by atoms with E-state index in [0.29, 0.717) is 40.3 Å². The van der Waals surface area contributed by atoms with Crippen molar-refractivity contribution in [2.24, 2.45) is 0 Å². The molecule has 3 aromatic carbocycles. The Balaban J connectivity index is 1.36. The lowest BCUT2D eigenvalue weighted by Crippen LogP contribution is -2.27. The number of para-hydroxylation sites is 1. The van der Waals surface area contributed by atoms with Crippen LogP contribution in [0.3, 0.4) is 0 Å². The second-order valence-corrected chi connectivity index (χ2v) is 8.93. The van der Waals surface area contributed by atoms with Gasteiger partial charge in [0.2, 0.25) is 0 Å². The highest BCUT2D eigenvalue weighted by Gasteiger charge is 2.33. The molecule has 0 spiro atoms. The monoisotopic (exact) mass is 495 g/mol. The number of nitrogens with zero attached hydrogens (tertiary/aromatic N) is 1. The Labute approximate surface area is 207 Å².